The fraction of sp³-hybridized carbons (Fsp3) is 0.0526. The van der Waals surface area contributed by atoms with Crippen molar-refractivity contribution in [3.8, 4) is 11.5 Å². The van der Waals surface area contributed by atoms with E-state index in [0.717, 1.165) is 6.07 Å². The number of benzene rings is 3. The molecule has 0 aliphatic carbocycles. The zero-order valence-corrected chi connectivity index (χ0v) is 18.1. The predicted molar refractivity (Wildman–Crippen MR) is 114 cm³/mol. The number of phenolic OH excluding ortho intramolecular Hbond substituents is 2. The van der Waals surface area contributed by atoms with E-state index in [4.69, 9.17) is 46.4 Å². The molecule has 10 heteroatoms. The third-order valence-electron chi connectivity index (χ3n) is 4.43. The molecule has 29 heavy (non-hydrogen) atoms. The molecule has 0 fully saturated rings. The van der Waals surface area contributed by atoms with Gasteiger partial charge in [-0.05, 0) is 23.8 Å². The molecule has 0 amide bonds. The first-order valence-corrected chi connectivity index (χ1v) is 10.9. The average molecular weight is 494 g/mol. The van der Waals surface area contributed by atoms with E-state index in [9.17, 15) is 23.2 Å². The van der Waals surface area contributed by atoms with Crippen molar-refractivity contribution in [2.45, 2.75) is 4.75 Å². The van der Waals surface area contributed by atoms with Gasteiger partial charge in [0.2, 0.25) is 0 Å². The van der Waals surface area contributed by atoms with Crippen LogP contribution in [0.3, 0.4) is 0 Å². The highest BCUT2D eigenvalue weighted by molar-refractivity contribution is 7.87. The Hall–Kier alpha value is -1.67. The van der Waals surface area contributed by atoms with Crippen molar-refractivity contribution in [3.05, 3.63) is 91.4 Å². The Labute approximate surface area is 186 Å². The zero-order valence-electron chi connectivity index (χ0n) is 14.3. The van der Waals surface area contributed by atoms with E-state index in [-0.39, 0.29) is 31.2 Å². The molecule has 0 aliphatic heterocycles. The lowest BCUT2D eigenvalue weighted by Crippen LogP contribution is -2.38. The van der Waals surface area contributed by atoms with Gasteiger partial charge in [0.1, 0.15) is 5.02 Å². The maximum atomic E-state index is 12.9. The van der Waals surface area contributed by atoms with Crippen molar-refractivity contribution < 1.29 is 23.2 Å². The van der Waals surface area contributed by atoms with E-state index < -0.39 is 31.9 Å². The van der Waals surface area contributed by atoms with Crippen molar-refractivity contribution in [3.63, 3.8) is 0 Å². The number of phenols is 2. The number of hydrogen-bond acceptors (Lipinski definition) is 4. The molecular formula is C19H12Cl4O5S. The fourth-order valence-electron chi connectivity index (χ4n) is 3.20. The first kappa shape index (κ1) is 22.0. The van der Waals surface area contributed by atoms with Crippen LogP contribution in [0.1, 0.15) is 16.7 Å². The second-order valence-corrected chi connectivity index (χ2v) is 9.25. The Morgan fingerprint density at radius 1 is 0.759 bits per heavy atom. The SMILES string of the molecule is O=S(=O)(O)C(c1ccccc1)(c1ccc(Cl)cc1Cl)c1cc(Cl)c(Cl)c(O)c1O. The second kappa shape index (κ2) is 7.87. The molecule has 0 bridgehead atoms. The summed E-state index contributed by atoms with van der Waals surface area (Å²) >= 11 is 24.2. The summed E-state index contributed by atoms with van der Waals surface area (Å²) in [5, 5.41) is 20.3. The Bertz CT molecular complexity index is 1200. The van der Waals surface area contributed by atoms with E-state index in [0.29, 0.717) is 0 Å². The minimum absolute atomic E-state index is 0.0276. The van der Waals surface area contributed by atoms with E-state index >= 15 is 0 Å². The summed E-state index contributed by atoms with van der Waals surface area (Å²) in [6.45, 7) is 0. The van der Waals surface area contributed by atoms with Crippen LogP contribution in [-0.2, 0) is 14.9 Å². The first-order chi connectivity index (χ1) is 13.5. The normalized spacial score (nSPS) is 13.8. The molecule has 152 valence electrons. The summed E-state index contributed by atoms with van der Waals surface area (Å²) in [5.41, 5.74) is -0.535. The molecule has 3 aromatic rings. The molecule has 5 nitrogen and oxygen atoms in total. The summed E-state index contributed by atoms with van der Waals surface area (Å²) in [4.78, 5) is 0. The Morgan fingerprint density at radius 3 is 1.93 bits per heavy atom. The molecule has 0 aliphatic rings. The summed E-state index contributed by atoms with van der Waals surface area (Å²) in [7, 11) is -5.09. The van der Waals surface area contributed by atoms with Gasteiger partial charge < -0.3 is 10.2 Å². The second-order valence-electron chi connectivity index (χ2n) is 6.06. The van der Waals surface area contributed by atoms with Crippen molar-refractivity contribution in [2.75, 3.05) is 0 Å². The molecule has 0 spiro atoms. The van der Waals surface area contributed by atoms with Gasteiger partial charge in [-0.3, -0.25) is 4.55 Å². The Balaban J connectivity index is 2.62. The van der Waals surface area contributed by atoms with Crippen LogP contribution in [0.25, 0.3) is 0 Å². The van der Waals surface area contributed by atoms with Gasteiger partial charge in [-0.1, -0.05) is 82.8 Å². The lowest BCUT2D eigenvalue weighted by atomic mass is 9.83. The molecule has 0 aromatic heterocycles. The van der Waals surface area contributed by atoms with Crippen LogP contribution in [0.4, 0.5) is 0 Å². The largest absolute Gasteiger partial charge is 0.504 e. The zero-order chi connectivity index (χ0) is 21.6. The van der Waals surface area contributed by atoms with Crippen molar-refractivity contribution in [1.82, 2.24) is 0 Å². The quantitative estimate of drug-likeness (QED) is 0.239. The lowest BCUT2D eigenvalue weighted by molar-refractivity contribution is 0.394. The van der Waals surface area contributed by atoms with Gasteiger partial charge in [-0.25, -0.2) is 0 Å². The van der Waals surface area contributed by atoms with E-state index in [1.807, 2.05) is 0 Å². The fourth-order valence-corrected chi connectivity index (χ4v) is 5.47. The molecule has 3 rings (SSSR count). The van der Waals surface area contributed by atoms with Gasteiger partial charge in [0, 0.05) is 21.2 Å². The third-order valence-corrected chi connectivity index (χ3v) is 7.20. The van der Waals surface area contributed by atoms with E-state index in [2.05, 4.69) is 0 Å². The molecular weight excluding hydrogens is 482 g/mol. The summed E-state index contributed by atoms with van der Waals surface area (Å²) < 4.78 is 33.9. The van der Waals surface area contributed by atoms with Gasteiger partial charge in [0.25, 0.3) is 10.1 Å². The summed E-state index contributed by atoms with van der Waals surface area (Å²) in [6, 6.07) is 12.5. The Kier molecular flexibility index (Phi) is 5.98. The highest BCUT2D eigenvalue weighted by Gasteiger charge is 2.52. The van der Waals surface area contributed by atoms with Crippen molar-refractivity contribution in [1.29, 1.82) is 0 Å². The third kappa shape index (κ3) is 3.54. The average Bonchev–Trinajstić information content (AvgIpc) is 2.65. The molecule has 0 heterocycles. The van der Waals surface area contributed by atoms with Crippen LogP contribution in [0.15, 0.2) is 54.6 Å². The molecule has 0 saturated carbocycles. The van der Waals surface area contributed by atoms with Gasteiger partial charge in [-0.2, -0.15) is 8.42 Å². The van der Waals surface area contributed by atoms with Crippen molar-refractivity contribution >= 4 is 56.5 Å². The molecule has 3 aromatic carbocycles. The molecule has 1 atom stereocenters. The van der Waals surface area contributed by atoms with Crippen LogP contribution in [0, 0.1) is 0 Å². The van der Waals surface area contributed by atoms with Crippen LogP contribution in [-0.4, -0.2) is 23.2 Å². The minimum Gasteiger partial charge on any atom is -0.504 e. The van der Waals surface area contributed by atoms with E-state index in [1.54, 1.807) is 6.07 Å². The Morgan fingerprint density at radius 2 is 1.38 bits per heavy atom. The number of rotatable bonds is 4. The van der Waals surface area contributed by atoms with Crippen LogP contribution in [0.5, 0.6) is 11.5 Å². The van der Waals surface area contributed by atoms with Crippen LogP contribution in [0.2, 0.25) is 20.1 Å². The van der Waals surface area contributed by atoms with Gasteiger partial charge >= 0.3 is 0 Å². The predicted octanol–water partition coefficient (Wildman–Crippen LogP) is 5.89. The van der Waals surface area contributed by atoms with Crippen LogP contribution >= 0.6 is 46.4 Å². The molecule has 3 N–H and O–H groups in total. The molecule has 0 radical (unpaired) electrons. The van der Waals surface area contributed by atoms with Gasteiger partial charge in [-0.15, -0.1) is 0 Å². The summed E-state index contributed by atoms with van der Waals surface area (Å²) in [5.74, 6) is -1.73. The minimum atomic E-state index is -5.09. The number of aromatic hydroxyl groups is 2. The summed E-state index contributed by atoms with van der Waals surface area (Å²) in [6.07, 6.45) is 0. The molecule has 0 saturated heterocycles. The highest BCUT2D eigenvalue weighted by atomic mass is 35.5. The number of halogens is 4. The van der Waals surface area contributed by atoms with E-state index in [1.165, 1.54) is 42.5 Å². The monoisotopic (exact) mass is 492 g/mol. The highest BCUT2D eigenvalue weighted by Crippen LogP contribution is 2.53. The standard InChI is InChI=1S/C19H12Cl4O5S/c20-11-6-7-12(14(21)8-11)19(29(26,27)28,10-4-2-1-3-5-10)13-9-15(22)16(23)18(25)17(13)24/h1-9,24-25H,(H,26,27,28). The topological polar surface area (TPSA) is 94.8 Å². The number of hydrogen-bond donors (Lipinski definition) is 3. The van der Waals surface area contributed by atoms with Gasteiger partial charge in [0.15, 0.2) is 16.2 Å². The maximum Gasteiger partial charge on any atom is 0.283 e. The molecule has 1 unspecified atom stereocenters. The van der Waals surface area contributed by atoms with Crippen LogP contribution < -0.4 is 0 Å². The smallest absolute Gasteiger partial charge is 0.283 e. The van der Waals surface area contributed by atoms with Gasteiger partial charge in [0.05, 0.1) is 5.02 Å². The lowest BCUT2D eigenvalue weighted by Gasteiger charge is -2.34. The first-order valence-electron chi connectivity index (χ1n) is 7.90. The maximum absolute atomic E-state index is 12.9. The van der Waals surface area contributed by atoms with Crippen molar-refractivity contribution in [2.24, 2.45) is 0 Å².